The number of hydrogen-bond donors (Lipinski definition) is 0. The molecule has 94 valence electrons. The van der Waals surface area contributed by atoms with E-state index in [1.165, 1.54) is 44.8 Å². The topological polar surface area (TPSA) is 43.4 Å². The quantitative estimate of drug-likeness (QED) is 0.779. The number of hydrogen-bond acceptors (Lipinski definition) is 3. The third-order valence-electron chi connectivity index (χ3n) is 3.46. The van der Waals surface area contributed by atoms with Gasteiger partial charge in [0.15, 0.2) is 0 Å². The van der Waals surface area contributed by atoms with Gasteiger partial charge in [-0.1, -0.05) is 31.4 Å². The molecule has 3 nitrogen and oxygen atoms in total. The van der Waals surface area contributed by atoms with Crippen LogP contribution in [0.25, 0.3) is 0 Å². The zero-order valence-electron chi connectivity index (χ0n) is 10.1. The molecule has 0 aliphatic heterocycles. The van der Waals surface area contributed by atoms with Crippen molar-refractivity contribution >= 4 is 10.1 Å². The van der Waals surface area contributed by atoms with E-state index in [0.717, 1.165) is 0 Å². The second-order valence-corrected chi connectivity index (χ2v) is 6.24. The predicted octanol–water partition coefficient (Wildman–Crippen LogP) is 3.07. The van der Waals surface area contributed by atoms with Crippen LogP contribution in [0.5, 0.6) is 0 Å². The van der Waals surface area contributed by atoms with Crippen LogP contribution in [-0.2, 0) is 14.3 Å². The first-order valence-corrected chi connectivity index (χ1v) is 7.45. The van der Waals surface area contributed by atoms with Crippen molar-refractivity contribution in [2.75, 3.05) is 7.11 Å². The van der Waals surface area contributed by atoms with Gasteiger partial charge in [0.2, 0.25) is 0 Å². The lowest BCUT2D eigenvalue weighted by Crippen LogP contribution is -2.06. The highest BCUT2D eigenvalue weighted by molar-refractivity contribution is 7.86. The van der Waals surface area contributed by atoms with Gasteiger partial charge in [0.05, 0.1) is 12.0 Å². The molecule has 2 rings (SSSR count). The minimum Gasteiger partial charge on any atom is -0.270 e. The summed E-state index contributed by atoms with van der Waals surface area (Å²) in [4.78, 5) is 0.236. The van der Waals surface area contributed by atoms with E-state index >= 15 is 0 Å². The van der Waals surface area contributed by atoms with Crippen LogP contribution in [0.1, 0.15) is 43.6 Å². The standard InChI is InChI=1S/C13H18O3S/c1-16-17(14,15)13-9-7-12(8-10-13)11-5-3-2-4-6-11/h7-11H,2-6H2,1H3. The molecular formula is C13H18O3S. The number of rotatable bonds is 3. The van der Waals surface area contributed by atoms with E-state index in [4.69, 9.17) is 0 Å². The van der Waals surface area contributed by atoms with Gasteiger partial charge >= 0.3 is 0 Å². The smallest absolute Gasteiger partial charge is 0.270 e. The first-order valence-electron chi connectivity index (χ1n) is 6.04. The van der Waals surface area contributed by atoms with Crippen molar-refractivity contribution in [1.29, 1.82) is 0 Å². The summed E-state index contributed by atoms with van der Waals surface area (Å²) >= 11 is 0. The Morgan fingerprint density at radius 3 is 2.18 bits per heavy atom. The summed E-state index contributed by atoms with van der Waals surface area (Å²) in [7, 11) is -2.36. The van der Waals surface area contributed by atoms with Gasteiger partial charge in [-0.25, -0.2) is 0 Å². The summed E-state index contributed by atoms with van der Waals surface area (Å²) in [6.07, 6.45) is 6.32. The maximum absolute atomic E-state index is 11.5. The van der Waals surface area contributed by atoms with Crippen molar-refractivity contribution in [2.45, 2.75) is 42.9 Å². The van der Waals surface area contributed by atoms with E-state index in [2.05, 4.69) is 4.18 Å². The van der Waals surface area contributed by atoms with Gasteiger partial charge in [-0.2, -0.15) is 8.42 Å². The minimum absolute atomic E-state index is 0.236. The van der Waals surface area contributed by atoms with Gasteiger partial charge < -0.3 is 0 Å². The van der Waals surface area contributed by atoms with E-state index in [-0.39, 0.29) is 4.90 Å². The largest absolute Gasteiger partial charge is 0.296 e. The van der Waals surface area contributed by atoms with E-state index in [1.807, 2.05) is 12.1 Å². The van der Waals surface area contributed by atoms with Gasteiger partial charge in [-0.15, -0.1) is 0 Å². The van der Waals surface area contributed by atoms with Crippen molar-refractivity contribution in [3.8, 4) is 0 Å². The molecule has 0 amide bonds. The minimum atomic E-state index is -3.55. The van der Waals surface area contributed by atoms with E-state index in [0.29, 0.717) is 5.92 Å². The Bertz CT molecular complexity index is 456. The summed E-state index contributed by atoms with van der Waals surface area (Å²) in [5.74, 6) is 0.600. The molecule has 1 aliphatic carbocycles. The summed E-state index contributed by atoms with van der Waals surface area (Å²) in [5.41, 5.74) is 1.25. The van der Waals surface area contributed by atoms with Crippen molar-refractivity contribution in [3.05, 3.63) is 29.8 Å². The number of benzene rings is 1. The predicted molar refractivity (Wildman–Crippen MR) is 66.5 cm³/mol. The SMILES string of the molecule is COS(=O)(=O)c1ccc(C2CCCCC2)cc1. The zero-order chi connectivity index (χ0) is 12.3. The highest BCUT2D eigenvalue weighted by Gasteiger charge is 2.17. The normalized spacial score (nSPS) is 18.2. The Kier molecular flexibility index (Phi) is 3.84. The second kappa shape index (κ2) is 5.19. The maximum atomic E-state index is 11.5. The van der Waals surface area contributed by atoms with Crippen LogP contribution in [-0.4, -0.2) is 15.5 Å². The van der Waals surface area contributed by atoms with Crippen LogP contribution in [0, 0.1) is 0 Å². The highest BCUT2D eigenvalue weighted by atomic mass is 32.2. The van der Waals surface area contributed by atoms with Crippen LogP contribution in [0.3, 0.4) is 0 Å². The third kappa shape index (κ3) is 2.87. The summed E-state index contributed by atoms with van der Waals surface area (Å²) < 4.78 is 27.4. The molecule has 0 aromatic heterocycles. The van der Waals surface area contributed by atoms with Crippen LogP contribution in [0.15, 0.2) is 29.2 Å². The summed E-state index contributed by atoms with van der Waals surface area (Å²) in [5, 5.41) is 0. The van der Waals surface area contributed by atoms with Gasteiger partial charge in [0.25, 0.3) is 10.1 Å². The Hall–Kier alpha value is -0.870. The molecule has 0 bridgehead atoms. The van der Waals surface area contributed by atoms with Crippen LogP contribution in [0.4, 0.5) is 0 Å². The average Bonchev–Trinajstić information content (AvgIpc) is 2.40. The molecule has 1 fully saturated rings. The van der Waals surface area contributed by atoms with Gasteiger partial charge in [-0.3, -0.25) is 4.18 Å². The van der Waals surface area contributed by atoms with Crippen LogP contribution in [0.2, 0.25) is 0 Å². The molecule has 0 unspecified atom stereocenters. The van der Waals surface area contributed by atoms with Gasteiger partial charge in [-0.05, 0) is 36.5 Å². The third-order valence-corrected chi connectivity index (χ3v) is 4.75. The zero-order valence-corrected chi connectivity index (χ0v) is 10.9. The van der Waals surface area contributed by atoms with Gasteiger partial charge in [0, 0.05) is 0 Å². The molecule has 1 aromatic carbocycles. The fraction of sp³-hybridized carbons (Fsp3) is 0.538. The molecule has 0 atom stereocenters. The maximum Gasteiger partial charge on any atom is 0.296 e. The molecule has 1 aliphatic rings. The van der Waals surface area contributed by atoms with Crippen molar-refractivity contribution in [1.82, 2.24) is 0 Å². The molecule has 0 heterocycles. The molecule has 0 saturated heterocycles. The Labute approximate surface area is 103 Å². The van der Waals surface area contributed by atoms with Crippen molar-refractivity contribution in [3.63, 3.8) is 0 Å². The van der Waals surface area contributed by atoms with Crippen molar-refractivity contribution < 1.29 is 12.6 Å². The Morgan fingerprint density at radius 1 is 1.06 bits per heavy atom. The Balaban J connectivity index is 2.18. The summed E-state index contributed by atoms with van der Waals surface area (Å²) in [6.45, 7) is 0. The molecule has 0 radical (unpaired) electrons. The average molecular weight is 254 g/mol. The first-order chi connectivity index (χ1) is 8.13. The molecule has 0 N–H and O–H groups in total. The lowest BCUT2D eigenvalue weighted by molar-refractivity contribution is 0.397. The van der Waals surface area contributed by atoms with Crippen LogP contribution >= 0.6 is 0 Å². The molecule has 17 heavy (non-hydrogen) atoms. The fourth-order valence-corrected chi connectivity index (χ4v) is 3.10. The molecule has 0 spiro atoms. The Morgan fingerprint density at radius 2 is 1.65 bits per heavy atom. The first kappa shape index (κ1) is 12.6. The lowest BCUT2D eigenvalue weighted by atomic mass is 9.84. The van der Waals surface area contributed by atoms with Crippen molar-refractivity contribution in [2.24, 2.45) is 0 Å². The van der Waals surface area contributed by atoms with E-state index < -0.39 is 10.1 Å². The monoisotopic (exact) mass is 254 g/mol. The van der Waals surface area contributed by atoms with Gasteiger partial charge in [0.1, 0.15) is 0 Å². The molecule has 1 saturated carbocycles. The fourth-order valence-electron chi connectivity index (χ4n) is 2.44. The lowest BCUT2D eigenvalue weighted by Gasteiger charge is -2.21. The van der Waals surface area contributed by atoms with Crippen LogP contribution < -0.4 is 0 Å². The summed E-state index contributed by atoms with van der Waals surface area (Å²) in [6, 6.07) is 7.12. The van der Waals surface area contributed by atoms with E-state index in [1.54, 1.807) is 12.1 Å². The second-order valence-electron chi connectivity index (χ2n) is 4.52. The van der Waals surface area contributed by atoms with E-state index in [9.17, 15) is 8.42 Å². The molecule has 4 heteroatoms. The molecular weight excluding hydrogens is 236 g/mol. The highest BCUT2D eigenvalue weighted by Crippen LogP contribution is 2.32. The molecule has 1 aromatic rings.